The number of pyridine rings is 1. The van der Waals surface area contributed by atoms with Crippen molar-refractivity contribution in [3.8, 4) is 5.88 Å². The molecule has 2 aromatic heterocycles. The zero-order valence-electron chi connectivity index (χ0n) is 8.86. The van der Waals surface area contributed by atoms with Gasteiger partial charge in [-0.15, -0.1) is 0 Å². The van der Waals surface area contributed by atoms with E-state index in [4.69, 9.17) is 4.74 Å². The number of ether oxygens (including phenoxy) is 1. The summed E-state index contributed by atoms with van der Waals surface area (Å²) >= 11 is 0. The molecule has 3 rings (SSSR count). The molecule has 1 aliphatic carbocycles. The minimum absolute atomic E-state index is 0.282. The van der Waals surface area contributed by atoms with Gasteiger partial charge in [0.15, 0.2) is 0 Å². The molecule has 4 heteroatoms. The molecule has 0 aliphatic heterocycles. The molecule has 82 valence electrons. The lowest BCUT2D eigenvalue weighted by Crippen LogP contribution is -2.35. The SMILES string of the molecule is c1ccc(OC2CC(n3cccn3)C2)nc1. The van der Waals surface area contributed by atoms with Crippen LogP contribution in [0.1, 0.15) is 18.9 Å². The zero-order chi connectivity index (χ0) is 10.8. The van der Waals surface area contributed by atoms with Gasteiger partial charge in [0.05, 0.1) is 6.04 Å². The van der Waals surface area contributed by atoms with E-state index in [0.717, 1.165) is 12.8 Å². The predicted octanol–water partition coefficient (Wildman–Crippen LogP) is 2.06. The third-order valence-electron chi connectivity index (χ3n) is 2.89. The molecule has 0 atom stereocenters. The van der Waals surface area contributed by atoms with Crippen molar-refractivity contribution in [3.63, 3.8) is 0 Å². The van der Waals surface area contributed by atoms with Crippen LogP contribution in [0, 0.1) is 0 Å². The van der Waals surface area contributed by atoms with Crippen molar-refractivity contribution >= 4 is 0 Å². The first kappa shape index (κ1) is 9.39. The van der Waals surface area contributed by atoms with Crippen molar-refractivity contribution in [1.82, 2.24) is 14.8 Å². The summed E-state index contributed by atoms with van der Waals surface area (Å²) in [5.41, 5.74) is 0. The highest BCUT2D eigenvalue weighted by atomic mass is 16.5. The van der Waals surface area contributed by atoms with E-state index >= 15 is 0 Å². The standard InChI is InChI=1S/C12H13N3O/c1-2-5-13-12(4-1)16-11-8-10(9-11)15-7-3-6-14-15/h1-7,10-11H,8-9H2. The van der Waals surface area contributed by atoms with E-state index in [2.05, 4.69) is 10.1 Å². The lowest BCUT2D eigenvalue weighted by Gasteiger charge is -2.34. The summed E-state index contributed by atoms with van der Waals surface area (Å²) in [6.45, 7) is 0. The van der Waals surface area contributed by atoms with Gasteiger partial charge in [-0.1, -0.05) is 6.07 Å². The Balaban J connectivity index is 1.55. The molecule has 1 fully saturated rings. The van der Waals surface area contributed by atoms with Crippen LogP contribution in [-0.4, -0.2) is 20.9 Å². The smallest absolute Gasteiger partial charge is 0.213 e. The topological polar surface area (TPSA) is 39.9 Å². The molecule has 16 heavy (non-hydrogen) atoms. The van der Waals surface area contributed by atoms with Crippen molar-refractivity contribution in [2.45, 2.75) is 25.0 Å². The Morgan fingerprint density at radius 1 is 1.19 bits per heavy atom. The van der Waals surface area contributed by atoms with Gasteiger partial charge in [-0.05, 0) is 12.1 Å². The van der Waals surface area contributed by atoms with Crippen LogP contribution in [-0.2, 0) is 0 Å². The van der Waals surface area contributed by atoms with Crippen molar-refractivity contribution < 1.29 is 4.74 Å². The van der Waals surface area contributed by atoms with Gasteiger partial charge < -0.3 is 4.74 Å². The molecule has 0 N–H and O–H groups in total. The Morgan fingerprint density at radius 3 is 2.81 bits per heavy atom. The lowest BCUT2D eigenvalue weighted by molar-refractivity contribution is 0.0607. The minimum atomic E-state index is 0.282. The number of rotatable bonds is 3. The average Bonchev–Trinajstić information content (AvgIpc) is 2.77. The quantitative estimate of drug-likeness (QED) is 0.786. The molecule has 0 bridgehead atoms. The fourth-order valence-corrected chi connectivity index (χ4v) is 1.93. The Kier molecular flexibility index (Phi) is 2.33. The summed E-state index contributed by atoms with van der Waals surface area (Å²) in [5, 5.41) is 4.23. The molecule has 0 spiro atoms. The highest BCUT2D eigenvalue weighted by Gasteiger charge is 2.32. The molecule has 0 aromatic carbocycles. The fraction of sp³-hybridized carbons (Fsp3) is 0.333. The van der Waals surface area contributed by atoms with E-state index in [-0.39, 0.29) is 6.10 Å². The summed E-state index contributed by atoms with van der Waals surface area (Å²) in [5.74, 6) is 0.714. The van der Waals surface area contributed by atoms with Crippen LogP contribution in [0.25, 0.3) is 0 Å². The molecule has 0 amide bonds. The Labute approximate surface area is 93.9 Å². The van der Waals surface area contributed by atoms with E-state index in [9.17, 15) is 0 Å². The molecule has 0 radical (unpaired) electrons. The molecule has 1 saturated carbocycles. The number of hydrogen-bond donors (Lipinski definition) is 0. The van der Waals surface area contributed by atoms with Crippen molar-refractivity contribution in [1.29, 1.82) is 0 Å². The van der Waals surface area contributed by atoms with Gasteiger partial charge >= 0.3 is 0 Å². The molecule has 2 aromatic rings. The van der Waals surface area contributed by atoms with Crippen LogP contribution in [0.2, 0.25) is 0 Å². The maximum absolute atomic E-state index is 5.73. The van der Waals surface area contributed by atoms with E-state index in [1.165, 1.54) is 0 Å². The van der Waals surface area contributed by atoms with Crippen LogP contribution in [0.4, 0.5) is 0 Å². The fourth-order valence-electron chi connectivity index (χ4n) is 1.93. The van der Waals surface area contributed by atoms with Crippen LogP contribution >= 0.6 is 0 Å². The van der Waals surface area contributed by atoms with Gasteiger partial charge in [-0.3, -0.25) is 4.68 Å². The van der Waals surface area contributed by atoms with E-state index < -0.39 is 0 Å². The predicted molar refractivity (Wildman–Crippen MR) is 59.2 cm³/mol. The third kappa shape index (κ3) is 1.78. The monoisotopic (exact) mass is 215 g/mol. The average molecular weight is 215 g/mol. The van der Waals surface area contributed by atoms with Gasteiger partial charge in [0.25, 0.3) is 0 Å². The maximum Gasteiger partial charge on any atom is 0.213 e. The van der Waals surface area contributed by atoms with Crippen LogP contribution < -0.4 is 4.74 Å². The first-order valence-electron chi connectivity index (χ1n) is 5.48. The van der Waals surface area contributed by atoms with Gasteiger partial charge in [0.1, 0.15) is 6.10 Å². The Bertz CT molecular complexity index is 435. The van der Waals surface area contributed by atoms with Crippen molar-refractivity contribution in [2.75, 3.05) is 0 Å². The number of aromatic nitrogens is 3. The number of hydrogen-bond acceptors (Lipinski definition) is 3. The molecule has 0 unspecified atom stereocenters. The summed E-state index contributed by atoms with van der Waals surface area (Å²) in [7, 11) is 0. The first-order valence-corrected chi connectivity index (χ1v) is 5.48. The van der Waals surface area contributed by atoms with Crippen LogP contribution in [0.5, 0.6) is 5.88 Å². The van der Waals surface area contributed by atoms with Gasteiger partial charge in [0, 0.05) is 37.5 Å². The summed E-state index contributed by atoms with van der Waals surface area (Å²) < 4.78 is 7.72. The summed E-state index contributed by atoms with van der Waals surface area (Å²) in [4.78, 5) is 4.14. The summed E-state index contributed by atoms with van der Waals surface area (Å²) in [6.07, 6.45) is 7.87. The van der Waals surface area contributed by atoms with Gasteiger partial charge in [-0.2, -0.15) is 5.10 Å². The van der Waals surface area contributed by atoms with Crippen LogP contribution in [0.3, 0.4) is 0 Å². The van der Waals surface area contributed by atoms with Crippen molar-refractivity contribution in [3.05, 3.63) is 42.9 Å². The molecule has 1 aliphatic rings. The molecular formula is C12H13N3O. The van der Waals surface area contributed by atoms with E-state index in [0.29, 0.717) is 11.9 Å². The molecule has 0 saturated heterocycles. The number of nitrogens with zero attached hydrogens (tertiary/aromatic N) is 3. The van der Waals surface area contributed by atoms with E-state index in [1.807, 2.05) is 41.3 Å². The van der Waals surface area contributed by atoms with Crippen LogP contribution in [0.15, 0.2) is 42.9 Å². The maximum atomic E-state index is 5.73. The Hall–Kier alpha value is -1.84. The Morgan fingerprint density at radius 2 is 2.12 bits per heavy atom. The largest absolute Gasteiger partial charge is 0.474 e. The molecule has 2 heterocycles. The molecule has 4 nitrogen and oxygen atoms in total. The first-order chi connectivity index (χ1) is 7.92. The molecular weight excluding hydrogens is 202 g/mol. The normalized spacial score (nSPS) is 23.8. The minimum Gasteiger partial charge on any atom is -0.474 e. The van der Waals surface area contributed by atoms with E-state index in [1.54, 1.807) is 6.20 Å². The third-order valence-corrected chi connectivity index (χ3v) is 2.89. The summed E-state index contributed by atoms with van der Waals surface area (Å²) in [6, 6.07) is 8.16. The van der Waals surface area contributed by atoms with Gasteiger partial charge in [0.2, 0.25) is 5.88 Å². The second-order valence-corrected chi connectivity index (χ2v) is 4.02. The van der Waals surface area contributed by atoms with Gasteiger partial charge in [-0.25, -0.2) is 4.98 Å². The second kappa shape index (κ2) is 3.96. The second-order valence-electron chi connectivity index (χ2n) is 4.02. The zero-order valence-corrected chi connectivity index (χ0v) is 8.86. The van der Waals surface area contributed by atoms with Crippen molar-refractivity contribution in [2.24, 2.45) is 0 Å². The highest BCUT2D eigenvalue weighted by Crippen LogP contribution is 2.33. The lowest BCUT2D eigenvalue weighted by atomic mass is 9.89. The highest BCUT2D eigenvalue weighted by molar-refractivity contribution is 5.10.